The number of aromatic nitrogens is 2. The van der Waals surface area contributed by atoms with E-state index in [1.54, 1.807) is 0 Å². The zero-order valence-electron chi connectivity index (χ0n) is 38.0. The Labute approximate surface area is 397 Å². The molecule has 0 N–H and O–H groups in total. The van der Waals surface area contributed by atoms with E-state index < -0.39 is 0 Å². The van der Waals surface area contributed by atoms with Gasteiger partial charge in [-0.3, -0.25) is 4.57 Å². The highest BCUT2D eigenvalue weighted by Crippen LogP contribution is 2.54. The number of rotatable bonds is 7. The summed E-state index contributed by atoms with van der Waals surface area (Å²) in [5, 5.41) is 5.03. The Bertz CT molecular complexity index is 3920. The van der Waals surface area contributed by atoms with Crippen molar-refractivity contribution in [2.45, 2.75) is 19.3 Å². The van der Waals surface area contributed by atoms with Gasteiger partial charge in [-0.1, -0.05) is 196 Å². The first-order valence-corrected chi connectivity index (χ1v) is 23.6. The van der Waals surface area contributed by atoms with Crippen LogP contribution in [0.3, 0.4) is 0 Å². The van der Waals surface area contributed by atoms with Gasteiger partial charge in [-0.15, -0.1) is 0 Å². The number of imidazole rings is 1. The molecule has 1 heterocycles. The van der Waals surface area contributed by atoms with Crippen molar-refractivity contribution in [2.75, 3.05) is 0 Å². The molecule has 0 atom stereocenters. The van der Waals surface area contributed by atoms with Gasteiger partial charge in [0, 0.05) is 16.7 Å². The fourth-order valence-electron chi connectivity index (χ4n) is 11.1. The van der Waals surface area contributed by atoms with E-state index in [4.69, 9.17) is 4.98 Å². The van der Waals surface area contributed by atoms with Crippen molar-refractivity contribution in [3.63, 3.8) is 0 Å². The van der Waals surface area contributed by atoms with Crippen LogP contribution in [0.15, 0.2) is 243 Å². The lowest BCUT2D eigenvalue weighted by atomic mass is 9.79. The molecule has 11 aromatic carbocycles. The molecule has 1 aliphatic rings. The van der Waals surface area contributed by atoms with E-state index in [1.165, 1.54) is 99.4 Å². The highest BCUT2D eigenvalue weighted by atomic mass is 15.1. The lowest BCUT2D eigenvalue weighted by Gasteiger charge is -2.24. The van der Waals surface area contributed by atoms with Crippen molar-refractivity contribution in [3.8, 4) is 83.8 Å². The van der Waals surface area contributed by atoms with Crippen molar-refractivity contribution in [1.29, 1.82) is 0 Å². The normalized spacial score (nSPS) is 12.7. The third-order valence-corrected chi connectivity index (χ3v) is 14.4. The third-order valence-electron chi connectivity index (χ3n) is 14.4. The largest absolute Gasteiger partial charge is 0.292 e. The van der Waals surface area contributed by atoms with Gasteiger partial charge >= 0.3 is 0 Å². The van der Waals surface area contributed by atoms with E-state index >= 15 is 0 Å². The lowest BCUT2D eigenvalue weighted by Crippen LogP contribution is -2.15. The number of benzene rings is 11. The summed E-state index contributed by atoms with van der Waals surface area (Å²) < 4.78 is 2.28. The average molecular weight is 867 g/mol. The predicted molar refractivity (Wildman–Crippen MR) is 286 cm³/mol. The fourth-order valence-corrected chi connectivity index (χ4v) is 11.1. The highest BCUT2D eigenvalue weighted by Gasteiger charge is 2.37. The number of para-hydroxylation sites is 3. The van der Waals surface area contributed by atoms with E-state index in [0.29, 0.717) is 0 Å². The summed E-state index contributed by atoms with van der Waals surface area (Å²) in [7, 11) is 0. The van der Waals surface area contributed by atoms with Crippen molar-refractivity contribution >= 4 is 32.6 Å². The maximum absolute atomic E-state index is 5.21. The standard InChI is InChI=1S/C66H46N2/c1-66(2)59-40-48(47-25-18-28-51(39-47)65-67-61-33-14-15-34-62(61)68(65)52-29-10-5-11-30-52)35-36-53(59)56-41-57-58(42-60(56)66)64(50-27-17-24-46(38-50)44-21-8-4-9-22-44)55-32-13-12-31-54(55)63(57)49-26-16-23-45(37-49)43-19-6-3-7-20-43/h3-42H,1-2H3. The third kappa shape index (κ3) is 6.44. The topological polar surface area (TPSA) is 17.8 Å². The molecule has 0 saturated heterocycles. The van der Waals surface area contributed by atoms with Gasteiger partial charge in [0.15, 0.2) is 0 Å². The number of fused-ring (bicyclic) bond motifs is 6. The Balaban J connectivity index is 1.01. The maximum atomic E-state index is 5.21. The van der Waals surface area contributed by atoms with Crippen LogP contribution in [0.2, 0.25) is 0 Å². The molecule has 0 unspecified atom stereocenters. The molecule has 68 heavy (non-hydrogen) atoms. The molecule has 1 aliphatic carbocycles. The van der Waals surface area contributed by atoms with Crippen LogP contribution in [-0.2, 0) is 5.41 Å². The molecule has 0 bridgehead atoms. The molecular weight excluding hydrogens is 821 g/mol. The summed E-state index contributed by atoms with van der Waals surface area (Å²) in [6.45, 7) is 4.82. The molecule has 1 aromatic heterocycles. The first kappa shape index (κ1) is 39.7. The Morgan fingerprint density at radius 1 is 0.324 bits per heavy atom. The minimum atomic E-state index is -0.268. The van der Waals surface area contributed by atoms with Crippen LogP contribution < -0.4 is 0 Å². The van der Waals surface area contributed by atoms with Gasteiger partial charge in [0.25, 0.3) is 0 Å². The summed E-state index contributed by atoms with van der Waals surface area (Å²) in [4.78, 5) is 5.21. The molecule has 0 aliphatic heterocycles. The minimum Gasteiger partial charge on any atom is -0.292 e. The van der Waals surface area contributed by atoms with Crippen molar-refractivity contribution in [2.24, 2.45) is 0 Å². The van der Waals surface area contributed by atoms with Crippen LogP contribution in [0.4, 0.5) is 0 Å². The van der Waals surface area contributed by atoms with E-state index in [0.717, 1.165) is 28.1 Å². The zero-order valence-corrected chi connectivity index (χ0v) is 38.0. The molecule has 12 aromatic rings. The second-order valence-electron chi connectivity index (χ2n) is 18.7. The SMILES string of the molecule is CC1(C)c2cc(-c3cccc(-c4nc5ccccc5n4-c4ccccc4)c3)ccc2-c2cc3c(-c4cccc(-c5ccccc5)c4)c4ccccc4c(-c4cccc(-c5ccccc5)c4)c3cc21. The second-order valence-corrected chi connectivity index (χ2v) is 18.7. The van der Waals surface area contributed by atoms with Crippen molar-refractivity contribution in [1.82, 2.24) is 9.55 Å². The second kappa shape index (κ2) is 15.8. The first-order chi connectivity index (χ1) is 33.5. The monoisotopic (exact) mass is 866 g/mol. The number of nitrogens with zero attached hydrogens (tertiary/aromatic N) is 2. The van der Waals surface area contributed by atoms with Crippen LogP contribution in [-0.4, -0.2) is 9.55 Å². The lowest BCUT2D eigenvalue weighted by molar-refractivity contribution is 0.661. The highest BCUT2D eigenvalue weighted by molar-refractivity contribution is 6.22. The Morgan fingerprint density at radius 2 is 0.779 bits per heavy atom. The summed E-state index contributed by atoms with van der Waals surface area (Å²) in [6, 6.07) is 88.9. The fraction of sp³-hybridized carbons (Fsp3) is 0.0455. The molecule has 0 amide bonds. The number of hydrogen-bond donors (Lipinski definition) is 0. The van der Waals surface area contributed by atoms with Crippen molar-refractivity contribution in [3.05, 3.63) is 254 Å². The molecule has 0 radical (unpaired) electrons. The van der Waals surface area contributed by atoms with Gasteiger partial charge in [-0.25, -0.2) is 4.98 Å². The molecule has 2 nitrogen and oxygen atoms in total. The van der Waals surface area contributed by atoms with Gasteiger partial charge in [0.1, 0.15) is 5.82 Å². The summed E-state index contributed by atoms with van der Waals surface area (Å²) in [5.41, 5.74) is 21.4. The van der Waals surface area contributed by atoms with Gasteiger partial charge in [-0.2, -0.15) is 0 Å². The first-order valence-electron chi connectivity index (χ1n) is 23.6. The molecule has 2 heteroatoms. The Morgan fingerprint density at radius 3 is 1.41 bits per heavy atom. The molecular formula is C66H46N2. The van der Waals surface area contributed by atoms with Crippen LogP contribution in [0.1, 0.15) is 25.0 Å². The smallest absolute Gasteiger partial charge is 0.145 e. The summed E-state index contributed by atoms with van der Waals surface area (Å²) in [6.07, 6.45) is 0. The minimum absolute atomic E-state index is 0.268. The predicted octanol–water partition coefficient (Wildman–Crippen LogP) is 17.6. The maximum Gasteiger partial charge on any atom is 0.145 e. The molecule has 0 spiro atoms. The van der Waals surface area contributed by atoms with E-state index in [2.05, 4.69) is 261 Å². The zero-order chi connectivity index (χ0) is 45.3. The molecule has 320 valence electrons. The van der Waals surface area contributed by atoms with Crippen LogP contribution >= 0.6 is 0 Å². The molecule has 13 rings (SSSR count). The van der Waals surface area contributed by atoms with E-state index in [9.17, 15) is 0 Å². The van der Waals surface area contributed by atoms with Crippen LogP contribution in [0, 0.1) is 0 Å². The number of hydrogen-bond acceptors (Lipinski definition) is 1. The Kier molecular flexibility index (Phi) is 9.23. The van der Waals surface area contributed by atoms with Gasteiger partial charge in [0.2, 0.25) is 0 Å². The van der Waals surface area contributed by atoms with Gasteiger partial charge < -0.3 is 0 Å². The van der Waals surface area contributed by atoms with Gasteiger partial charge in [0.05, 0.1) is 11.0 Å². The molecule has 0 saturated carbocycles. The summed E-state index contributed by atoms with van der Waals surface area (Å²) >= 11 is 0. The van der Waals surface area contributed by atoms with E-state index in [-0.39, 0.29) is 5.41 Å². The quantitative estimate of drug-likeness (QED) is 0.146. The van der Waals surface area contributed by atoms with Gasteiger partial charge in [-0.05, 0) is 160 Å². The average Bonchev–Trinajstić information content (AvgIpc) is 3.90. The molecule has 0 fully saturated rings. The Hall–Kier alpha value is -8.59. The van der Waals surface area contributed by atoms with E-state index in [1.807, 2.05) is 0 Å². The van der Waals surface area contributed by atoms with Crippen LogP contribution in [0.5, 0.6) is 0 Å². The summed E-state index contributed by atoms with van der Waals surface area (Å²) in [5.74, 6) is 0.933. The van der Waals surface area contributed by atoms with Crippen LogP contribution in [0.25, 0.3) is 116 Å². The van der Waals surface area contributed by atoms with Crippen molar-refractivity contribution < 1.29 is 0 Å².